The van der Waals surface area contributed by atoms with Gasteiger partial charge in [0.1, 0.15) is 0 Å². The van der Waals surface area contributed by atoms with E-state index in [0.29, 0.717) is 123 Å². The van der Waals surface area contributed by atoms with E-state index in [0.717, 1.165) is 167 Å². The second-order valence-electron chi connectivity index (χ2n) is 48.2. The predicted octanol–water partition coefficient (Wildman–Crippen LogP) is 12.0. The van der Waals surface area contributed by atoms with Gasteiger partial charge in [-0.1, -0.05) is 6.07 Å². The van der Waals surface area contributed by atoms with Gasteiger partial charge in [0.15, 0.2) is 0 Å². The van der Waals surface area contributed by atoms with Crippen LogP contribution in [0.15, 0.2) is 24.4 Å². The van der Waals surface area contributed by atoms with Gasteiger partial charge in [-0.15, -0.1) is 0 Å². The van der Waals surface area contributed by atoms with E-state index in [2.05, 4.69) is 185 Å². The van der Waals surface area contributed by atoms with Gasteiger partial charge in [-0.25, -0.2) is 49.3 Å². The summed E-state index contributed by atoms with van der Waals surface area (Å²) < 4.78 is 10.3. The maximum Gasteiger partial charge on any atom is 0.341 e. The number of ether oxygens (including phenoxy) is 2. The summed E-state index contributed by atoms with van der Waals surface area (Å²) in [7, 11) is 27.8. The van der Waals surface area contributed by atoms with Gasteiger partial charge < -0.3 is 119 Å². The Balaban J connectivity index is 0.000000151. The summed E-state index contributed by atoms with van der Waals surface area (Å²) in [6, 6.07) is 10.8. The molecule has 18 aliphatic heterocycles. The van der Waals surface area contributed by atoms with Crippen LogP contribution in [-0.4, -0.2) is 501 Å². The first-order valence-corrected chi connectivity index (χ1v) is 58.7. The number of urea groups is 8. The van der Waals surface area contributed by atoms with E-state index in [1.165, 1.54) is 234 Å². The van der Waals surface area contributed by atoms with Gasteiger partial charge in [0.25, 0.3) is 0 Å². The summed E-state index contributed by atoms with van der Waals surface area (Å²) in [6.07, 6.45) is 40.1. The van der Waals surface area contributed by atoms with Crippen molar-refractivity contribution in [3.8, 4) is 0 Å². The molecule has 18 fully saturated rings. The standard InChI is InChI=1S/C17H26N4O.C16H31N3O.C15H27N3O2.C14H25N3O2.2C13H25N3O.2C12H23N3O2/c1-20-11-7-14(8-12-20)16-6-4-10-21(16)17(22)19-13-15-5-2-3-9-18-15;1-5-18(13(2)3)16(20)19-10-6-7-15(19)14-8-11-17(4)12-9-14;1-15(10-20-11-15)16-14(19)18-7-3-4-13(18)12-5-8-17(2)9-6-12;1-16-7-4-11(5-8-16)13-3-2-6-17(13)14(18)15-12-9-19-10-12;2*1-14(2)13(17)16-8-4-5-12(16)11-6-9-15(3)10-7-11;2*1-14-8-5-10(6-9-14)11-4-3-7-15(11)12(16)13-17-2/h2-3,5,9,14,16H,4,6-8,10-13H2,1H3,(H,19,22);13-15H,5-12H2,1-4H3;12-13H,3-11H2,1-2H3,(H,16,19);11-13H,2-10H2,1H3,(H,15,18);2*11-12H,4-10H2,1-3H3;2*10-11H,3-9H2,1-2H3,(H,13,16)/t16-;15-;2*13-;12-;;11-;/m00000.0./s1. The van der Waals surface area contributed by atoms with Gasteiger partial charge in [0.05, 0.1) is 64.5 Å². The highest BCUT2D eigenvalue weighted by Gasteiger charge is 2.47. The zero-order valence-electron chi connectivity index (χ0n) is 95.9. The van der Waals surface area contributed by atoms with Crippen molar-refractivity contribution in [2.24, 2.45) is 47.3 Å². The molecule has 850 valence electrons. The SMILES string of the molecule is CCN(C(=O)N1CCC[C@H]1C1CCN(C)CC1)C(C)C.CN1CCC(C2CCCN2C(=O)N(C)C)CC1.CN1CCC([C@@H]2CCCN2C(=O)N(C)C)CC1.CN1CCC([C@@H]2CCCN2C(=O)NC2(C)COC2)CC1.CN1CCC([C@@H]2CCCN2C(=O)NC2COC2)CC1.CN1CCC([C@@H]2CCCN2C(=O)NCc2ccccn2)CC1.CONC(=O)N1CCCC1C1CCN(C)CC1.CONC(=O)N1CCC[C@H]1C1CCN(C)CC1. The third kappa shape index (κ3) is 35.4. The number of carbonyl (C=O) groups excluding carboxylic acids is 8. The van der Waals surface area contributed by atoms with Crippen molar-refractivity contribution in [2.45, 2.75) is 306 Å². The van der Waals surface area contributed by atoms with Crippen LogP contribution in [0, 0.1) is 47.3 Å². The number of aromatic nitrogens is 1. The normalized spacial score (nSPS) is 27.5. The first kappa shape index (κ1) is 120. The number of hydrogen-bond donors (Lipinski definition) is 5. The Morgan fingerprint density at radius 1 is 0.349 bits per heavy atom. The van der Waals surface area contributed by atoms with E-state index in [9.17, 15) is 38.4 Å². The number of nitrogens with one attached hydrogen (secondary N) is 5. The smallest absolute Gasteiger partial charge is 0.341 e. The van der Waals surface area contributed by atoms with E-state index in [-0.39, 0.29) is 59.8 Å². The van der Waals surface area contributed by atoms with Gasteiger partial charge in [0, 0.05) is 148 Å². The number of hydrogen-bond acceptors (Lipinski definition) is 21. The lowest BCUT2D eigenvalue weighted by atomic mass is 9.88. The van der Waals surface area contributed by atoms with Gasteiger partial charge in [0.2, 0.25) is 0 Å². The highest BCUT2D eigenvalue weighted by molar-refractivity contribution is 5.78. The number of carbonyl (C=O) groups is 8. The fourth-order valence-electron chi connectivity index (χ4n) is 27.4. The third-order valence-electron chi connectivity index (χ3n) is 36.6. The Hall–Kier alpha value is -7.17. The van der Waals surface area contributed by atoms with Crippen LogP contribution in [0.2, 0.25) is 0 Å². The maximum absolute atomic E-state index is 12.8. The Morgan fingerprint density at radius 2 is 0.604 bits per heavy atom. The lowest BCUT2D eigenvalue weighted by molar-refractivity contribution is -0.0597. The molecule has 0 aliphatic carbocycles. The fourth-order valence-corrected chi connectivity index (χ4v) is 27.4. The number of likely N-dealkylation sites (tertiary alicyclic amines) is 16. The molecule has 37 heteroatoms. The third-order valence-corrected chi connectivity index (χ3v) is 36.6. The summed E-state index contributed by atoms with van der Waals surface area (Å²) in [4.78, 5) is 153. The van der Waals surface area contributed by atoms with Gasteiger partial charge in [-0.3, -0.25) is 14.7 Å². The molecule has 1 aromatic heterocycles. The Bertz CT molecular complexity index is 3980. The Kier molecular flexibility index (Phi) is 49.1. The van der Waals surface area contributed by atoms with Crippen molar-refractivity contribution in [1.82, 2.24) is 125 Å². The number of rotatable bonds is 16. The molecule has 0 saturated carbocycles. The molecule has 16 amide bonds. The Labute approximate surface area is 897 Å². The first-order valence-electron chi connectivity index (χ1n) is 58.7. The van der Waals surface area contributed by atoms with Gasteiger partial charge in [-0.2, -0.15) is 0 Å². The molecule has 0 aromatic carbocycles. The zero-order valence-corrected chi connectivity index (χ0v) is 95.9. The van der Waals surface area contributed by atoms with E-state index in [1.54, 1.807) is 16.0 Å². The van der Waals surface area contributed by atoms with E-state index in [1.807, 2.05) is 61.1 Å². The topological polar surface area (TPSA) is 308 Å². The van der Waals surface area contributed by atoms with Crippen LogP contribution < -0.4 is 26.9 Å². The van der Waals surface area contributed by atoms with Crippen molar-refractivity contribution in [1.29, 1.82) is 0 Å². The molecule has 149 heavy (non-hydrogen) atoms. The maximum atomic E-state index is 12.8. The fraction of sp³-hybridized carbons (Fsp3) is 0.884. The predicted molar refractivity (Wildman–Crippen MR) is 589 cm³/mol. The molecule has 37 nitrogen and oxygen atoms in total. The molecule has 19 heterocycles. The molecule has 18 aliphatic rings. The quantitative estimate of drug-likeness (QED) is 0.0960. The zero-order chi connectivity index (χ0) is 107. The number of piperidine rings is 8. The molecule has 0 spiro atoms. The molecule has 19 rings (SSSR count). The monoisotopic (exact) mass is 2090 g/mol. The van der Waals surface area contributed by atoms with Gasteiger partial charge >= 0.3 is 48.2 Å². The number of amides is 16. The lowest BCUT2D eigenvalue weighted by Crippen LogP contribution is -2.63. The minimum atomic E-state index is -0.142. The summed E-state index contributed by atoms with van der Waals surface area (Å²) in [5.41, 5.74) is 5.65. The van der Waals surface area contributed by atoms with E-state index >= 15 is 0 Å². The van der Waals surface area contributed by atoms with Crippen LogP contribution in [0.5, 0.6) is 0 Å². The molecule has 0 radical (unpaired) electrons. The molecular weight excluding hydrogens is 1890 g/mol. The molecule has 18 saturated heterocycles. The average molecular weight is 2090 g/mol. The van der Waals surface area contributed by atoms with Crippen LogP contribution in [0.3, 0.4) is 0 Å². The first-order chi connectivity index (χ1) is 71.7. The van der Waals surface area contributed by atoms with Crippen LogP contribution in [-0.2, 0) is 25.7 Å². The average Bonchev–Trinajstić information content (AvgIpc) is 1.75. The largest absolute Gasteiger partial charge is 0.377 e. The van der Waals surface area contributed by atoms with E-state index in [4.69, 9.17) is 19.1 Å². The molecule has 8 atom stereocenters. The Morgan fingerprint density at radius 3 is 0.832 bits per heavy atom. The van der Waals surface area contributed by atoms with Crippen LogP contribution in [0.1, 0.15) is 239 Å². The summed E-state index contributed by atoms with van der Waals surface area (Å²) in [6.45, 7) is 38.4. The molecule has 5 N–H and O–H groups in total. The van der Waals surface area contributed by atoms with Gasteiger partial charge in [-0.05, 0) is 454 Å². The molecular formula is C112H205N25O12. The van der Waals surface area contributed by atoms with Crippen molar-refractivity contribution in [3.63, 3.8) is 0 Å². The number of nitrogens with zero attached hydrogens (tertiary/aromatic N) is 20. The minimum absolute atomic E-state index is 0.0751. The van der Waals surface area contributed by atoms with Crippen molar-refractivity contribution in [3.05, 3.63) is 30.1 Å². The molecule has 1 aromatic rings. The van der Waals surface area contributed by atoms with Crippen molar-refractivity contribution >= 4 is 48.2 Å². The molecule has 0 bridgehead atoms. The highest BCUT2D eigenvalue weighted by Crippen LogP contribution is 2.40. The number of hydroxylamine groups is 2. The highest BCUT2D eigenvalue weighted by atomic mass is 16.6. The summed E-state index contributed by atoms with van der Waals surface area (Å²) >= 11 is 0. The molecule has 2 unspecified atom stereocenters. The van der Waals surface area contributed by atoms with Crippen LogP contribution >= 0.6 is 0 Å². The second-order valence-corrected chi connectivity index (χ2v) is 48.2. The summed E-state index contributed by atoms with van der Waals surface area (Å²) in [5, 5.41) is 9.28. The summed E-state index contributed by atoms with van der Waals surface area (Å²) in [5.74, 6) is 5.53. The van der Waals surface area contributed by atoms with Crippen LogP contribution in [0.25, 0.3) is 0 Å². The second kappa shape index (κ2) is 60.8. The minimum Gasteiger partial charge on any atom is -0.377 e. The van der Waals surface area contributed by atoms with Crippen molar-refractivity contribution < 1.29 is 57.5 Å². The lowest BCUT2D eigenvalue weighted by Gasteiger charge is -2.42. The van der Waals surface area contributed by atoms with Crippen LogP contribution in [0.4, 0.5) is 38.4 Å². The van der Waals surface area contributed by atoms with Crippen molar-refractivity contribution in [2.75, 3.05) is 289 Å². The van der Waals surface area contributed by atoms with E-state index < -0.39 is 0 Å². The number of pyridine rings is 1.